The Balaban J connectivity index is 1.84. The summed E-state index contributed by atoms with van der Waals surface area (Å²) in [6.45, 7) is 1.67. The molecule has 1 atom stereocenters. The van der Waals surface area contributed by atoms with E-state index in [0.717, 1.165) is 19.0 Å². The van der Waals surface area contributed by atoms with Crippen molar-refractivity contribution in [3.05, 3.63) is 42.2 Å². The van der Waals surface area contributed by atoms with Gasteiger partial charge in [0, 0.05) is 36.9 Å². The summed E-state index contributed by atoms with van der Waals surface area (Å²) in [7, 11) is 2.18. The number of hydrogen-bond acceptors (Lipinski definition) is 3. The average molecular weight is 255 g/mol. The highest BCUT2D eigenvalue weighted by Crippen LogP contribution is 2.35. The molecule has 1 saturated carbocycles. The molecule has 19 heavy (non-hydrogen) atoms. The maximum Gasteiger partial charge on any atom is 0.0346 e. The first-order valence-electron chi connectivity index (χ1n) is 7.01. The normalized spacial score (nSPS) is 17.0. The summed E-state index contributed by atoms with van der Waals surface area (Å²) in [5, 5.41) is 2.51. The van der Waals surface area contributed by atoms with Crippen LogP contribution in [0.5, 0.6) is 0 Å². The number of nitrogens with two attached hydrogens (primary N) is 1. The molecule has 0 aliphatic heterocycles. The average Bonchev–Trinajstić information content (AvgIpc) is 3.25. The highest BCUT2D eigenvalue weighted by Gasteiger charge is 2.32. The third-order valence-corrected chi connectivity index (χ3v) is 4.14. The molecule has 0 spiro atoms. The van der Waals surface area contributed by atoms with E-state index in [1.807, 2.05) is 12.4 Å². The Morgan fingerprint density at radius 3 is 2.84 bits per heavy atom. The summed E-state index contributed by atoms with van der Waals surface area (Å²) in [5.41, 5.74) is 7.22. The van der Waals surface area contributed by atoms with E-state index < -0.39 is 0 Å². The van der Waals surface area contributed by atoms with Crippen molar-refractivity contribution in [1.82, 2.24) is 9.88 Å². The summed E-state index contributed by atoms with van der Waals surface area (Å²) >= 11 is 0. The van der Waals surface area contributed by atoms with E-state index in [9.17, 15) is 0 Å². The maximum absolute atomic E-state index is 5.92. The minimum Gasteiger partial charge on any atom is -0.329 e. The van der Waals surface area contributed by atoms with E-state index in [4.69, 9.17) is 5.73 Å². The fourth-order valence-electron chi connectivity index (χ4n) is 2.90. The molecular formula is C16H21N3. The molecule has 1 aromatic carbocycles. The van der Waals surface area contributed by atoms with Crippen LogP contribution in [0.4, 0.5) is 0 Å². The van der Waals surface area contributed by atoms with Gasteiger partial charge in [0.1, 0.15) is 0 Å². The summed E-state index contributed by atoms with van der Waals surface area (Å²) < 4.78 is 0. The van der Waals surface area contributed by atoms with Gasteiger partial charge >= 0.3 is 0 Å². The van der Waals surface area contributed by atoms with E-state index in [1.165, 1.54) is 29.2 Å². The summed E-state index contributed by atoms with van der Waals surface area (Å²) in [5.74, 6) is 0.804. The smallest absolute Gasteiger partial charge is 0.0346 e. The van der Waals surface area contributed by atoms with Crippen LogP contribution in [0.1, 0.15) is 18.4 Å². The van der Waals surface area contributed by atoms with E-state index >= 15 is 0 Å². The number of hydrogen-bond donors (Lipinski definition) is 1. The zero-order valence-corrected chi connectivity index (χ0v) is 11.4. The van der Waals surface area contributed by atoms with Crippen LogP contribution in [0.15, 0.2) is 36.7 Å². The van der Waals surface area contributed by atoms with Crippen LogP contribution in [0.25, 0.3) is 10.8 Å². The molecule has 2 N–H and O–H groups in total. The van der Waals surface area contributed by atoms with E-state index in [0.29, 0.717) is 6.04 Å². The molecule has 1 fully saturated rings. The van der Waals surface area contributed by atoms with Crippen molar-refractivity contribution in [2.45, 2.75) is 25.4 Å². The largest absolute Gasteiger partial charge is 0.329 e. The maximum atomic E-state index is 5.92. The standard InChI is InChI=1S/C16H21N3/c1-19(16(8-17)12-6-7-12)11-14-10-18-9-13-4-2-3-5-15(13)14/h2-5,9-10,12,16H,6-8,11,17H2,1H3. The monoisotopic (exact) mass is 255 g/mol. The van der Waals surface area contributed by atoms with Crippen molar-refractivity contribution < 1.29 is 0 Å². The second-order valence-corrected chi connectivity index (χ2v) is 5.58. The molecule has 2 aromatic rings. The Bertz CT molecular complexity index is 557. The van der Waals surface area contributed by atoms with Gasteiger partial charge in [0.15, 0.2) is 0 Å². The summed E-state index contributed by atoms with van der Waals surface area (Å²) in [6.07, 6.45) is 6.58. The third kappa shape index (κ3) is 2.62. The highest BCUT2D eigenvalue weighted by atomic mass is 15.1. The number of nitrogens with zero attached hydrogens (tertiary/aromatic N) is 2. The Hall–Kier alpha value is -1.45. The minimum absolute atomic E-state index is 0.513. The van der Waals surface area contributed by atoms with Crippen molar-refractivity contribution in [2.75, 3.05) is 13.6 Å². The second kappa shape index (κ2) is 5.27. The van der Waals surface area contributed by atoms with Crippen LogP contribution in [-0.4, -0.2) is 29.5 Å². The molecule has 0 radical (unpaired) electrons. The molecule has 1 aliphatic rings. The Morgan fingerprint density at radius 2 is 2.11 bits per heavy atom. The first kappa shape index (κ1) is 12.6. The van der Waals surface area contributed by atoms with Crippen molar-refractivity contribution in [3.8, 4) is 0 Å². The number of fused-ring (bicyclic) bond motifs is 1. The first-order chi connectivity index (χ1) is 9.29. The summed E-state index contributed by atoms with van der Waals surface area (Å²) in [6, 6.07) is 8.96. The Morgan fingerprint density at radius 1 is 1.32 bits per heavy atom. The van der Waals surface area contributed by atoms with Gasteiger partial charge in [0.05, 0.1) is 0 Å². The zero-order valence-electron chi connectivity index (χ0n) is 11.4. The van der Waals surface area contributed by atoms with Crippen molar-refractivity contribution in [1.29, 1.82) is 0 Å². The molecule has 1 aromatic heterocycles. The molecule has 1 aliphatic carbocycles. The van der Waals surface area contributed by atoms with E-state index in [2.05, 4.69) is 41.2 Å². The van der Waals surface area contributed by atoms with Crippen LogP contribution in [0.2, 0.25) is 0 Å². The highest BCUT2D eigenvalue weighted by molar-refractivity contribution is 5.84. The topological polar surface area (TPSA) is 42.2 Å². The molecule has 3 nitrogen and oxygen atoms in total. The Kier molecular flexibility index (Phi) is 3.49. The van der Waals surface area contributed by atoms with E-state index in [-0.39, 0.29) is 0 Å². The lowest BCUT2D eigenvalue weighted by Gasteiger charge is -2.27. The van der Waals surface area contributed by atoms with Gasteiger partial charge in [-0.1, -0.05) is 24.3 Å². The van der Waals surface area contributed by atoms with Crippen LogP contribution < -0.4 is 5.73 Å². The van der Waals surface area contributed by atoms with Crippen LogP contribution in [-0.2, 0) is 6.54 Å². The van der Waals surface area contributed by atoms with Gasteiger partial charge in [-0.05, 0) is 36.8 Å². The van der Waals surface area contributed by atoms with Gasteiger partial charge in [-0.25, -0.2) is 0 Å². The fourth-order valence-corrected chi connectivity index (χ4v) is 2.90. The molecule has 1 heterocycles. The quantitative estimate of drug-likeness (QED) is 0.892. The fraction of sp³-hybridized carbons (Fsp3) is 0.438. The molecule has 3 rings (SSSR count). The third-order valence-electron chi connectivity index (χ3n) is 4.14. The number of benzene rings is 1. The molecule has 0 amide bonds. The molecule has 3 heteroatoms. The van der Waals surface area contributed by atoms with E-state index in [1.54, 1.807) is 0 Å². The predicted molar refractivity (Wildman–Crippen MR) is 78.8 cm³/mol. The van der Waals surface area contributed by atoms with Gasteiger partial charge in [-0.15, -0.1) is 0 Å². The first-order valence-corrected chi connectivity index (χ1v) is 7.01. The predicted octanol–water partition coefficient (Wildman–Crippen LogP) is 2.40. The number of likely N-dealkylation sites (N-methyl/N-ethyl adjacent to an activating group) is 1. The lowest BCUT2D eigenvalue weighted by Crippen LogP contribution is -2.39. The van der Waals surface area contributed by atoms with Crippen molar-refractivity contribution in [2.24, 2.45) is 11.7 Å². The SMILES string of the molecule is CN(Cc1cncc2ccccc12)C(CN)C1CC1. The second-order valence-electron chi connectivity index (χ2n) is 5.58. The minimum atomic E-state index is 0.513. The molecular weight excluding hydrogens is 234 g/mol. The lowest BCUT2D eigenvalue weighted by atomic mass is 10.1. The summed E-state index contributed by atoms with van der Waals surface area (Å²) in [4.78, 5) is 6.74. The molecule has 0 saturated heterocycles. The number of aromatic nitrogens is 1. The van der Waals surface area contributed by atoms with Gasteiger partial charge in [0.2, 0.25) is 0 Å². The van der Waals surface area contributed by atoms with Crippen molar-refractivity contribution >= 4 is 10.8 Å². The van der Waals surface area contributed by atoms with Gasteiger partial charge in [-0.2, -0.15) is 0 Å². The van der Waals surface area contributed by atoms with Crippen LogP contribution >= 0.6 is 0 Å². The number of pyridine rings is 1. The molecule has 100 valence electrons. The van der Waals surface area contributed by atoms with Gasteiger partial charge in [-0.3, -0.25) is 9.88 Å². The Labute approximate surface area is 114 Å². The van der Waals surface area contributed by atoms with Gasteiger partial charge < -0.3 is 5.73 Å². The lowest BCUT2D eigenvalue weighted by molar-refractivity contribution is 0.216. The number of rotatable bonds is 5. The zero-order chi connectivity index (χ0) is 13.2. The molecule has 0 bridgehead atoms. The van der Waals surface area contributed by atoms with Crippen molar-refractivity contribution in [3.63, 3.8) is 0 Å². The van der Waals surface area contributed by atoms with Crippen LogP contribution in [0, 0.1) is 5.92 Å². The van der Waals surface area contributed by atoms with Gasteiger partial charge in [0.25, 0.3) is 0 Å². The molecule has 1 unspecified atom stereocenters. The van der Waals surface area contributed by atoms with Crippen LogP contribution in [0.3, 0.4) is 0 Å².